The van der Waals surface area contributed by atoms with E-state index in [1.54, 1.807) is 19.2 Å². The normalized spacial score (nSPS) is 16.5. The molecule has 6 nitrogen and oxygen atoms in total. The van der Waals surface area contributed by atoms with Gasteiger partial charge in [0.25, 0.3) is 5.89 Å². The zero-order valence-electron chi connectivity index (χ0n) is 18.4. The first-order valence-electron chi connectivity index (χ1n) is 10.4. The van der Waals surface area contributed by atoms with Gasteiger partial charge in [-0.25, -0.2) is 4.39 Å². The standard InChI is InChI=1S/C24H25FN4O2S/c1-14(2)13-29-15(3)20(21(26-24(29)32)16-5-9-18(25)10-6-16)23-27-22(28-31-23)17-7-11-19(30-4)12-8-17/h5-12,14,21H,13H2,1-4H3,(H,26,32). The first-order valence-corrected chi connectivity index (χ1v) is 10.8. The van der Waals surface area contributed by atoms with Crippen molar-refractivity contribution >= 4 is 22.9 Å². The topological polar surface area (TPSA) is 63.4 Å². The van der Waals surface area contributed by atoms with Gasteiger partial charge in [-0.05, 0) is 67.0 Å². The molecule has 166 valence electrons. The second-order valence-electron chi connectivity index (χ2n) is 8.09. The van der Waals surface area contributed by atoms with Crippen molar-refractivity contribution in [2.24, 2.45) is 5.92 Å². The summed E-state index contributed by atoms with van der Waals surface area (Å²) in [6.07, 6.45) is 0. The maximum atomic E-state index is 13.6. The van der Waals surface area contributed by atoms with Crippen LogP contribution in [0.5, 0.6) is 5.75 Å². The molecule has 0 spiro atoms. The lowest BCUT2D eigenvalue weighted by Gasteiger charge is -2.38. The monoisotopic (exact) mass is 452 g/mol. The van der Waals surface area contributed by atoms with Gasteiger partial charge in [0, 0.05) is 17.8 Å². The van der Waals surface area contributed by atoms with Crippen molar-refractivity contribution in [1.29, 1.82) is 0 Å². The highest BCUT2D eigenvalue weighted by atomic mass is 32.1. The van der Waals surface area contributed by atoms with E-state index >= 15 is 0 Å². The van der Waals surface area contributed by atoms with Crippen LogP contribution in [0.4, 0.5) is 4.39 Å². The third-order valence-corrected chi connectivity index (χ3v) is 5.69. The van der Waals surface area contributed by atoms with Gasteiger partial charge in [-0.2, -0.15) is 4.98 Å². The van der Waals surface area contributed by atoms with Crippen LogP contribution >= 0.6 is 12.2 Å². The number of allylic oxidation sites excluding steroid dienone is 1. The van der Waals surface area contributed by atoms with Crippen molar-refractivity contribution in [2.75, 3.05) is 13.7 Å². The van der Waals surface area contributed by atoms with Crippen molar-refractivity contribution in [3.05, 3.63) is 71.5 Å². The lowest BCUT2D eigenvalue weighted by atomic mass is 9.94. The molecule has 0 radical (unpaired) electrons. The lowest BCUT2D eigenvalue weighted by Crippen LogP contribution is -2.47. The number of benzene rings is 2. The van der Waals surface area contributed by atoms with E-state index in [0.29, 0.717) is 22.7 Å². The average molecular weight is 453 g/mol. The summed E-state index contributed by atoms with van der Waals surface area (Å²) in [6, 6.07) is 13.5. The van der Waals surface area contributed by atoms with Gasteiger partial charge >= 0.3 is 0 Å². The Morgan fingerprint density at radius 2 is 1.84 bits per heavy atom. The molecule has 4 rings (SSSR count). The summed E-state index contributed by atoms with van der Waals surface area (Å²) in [5, 5.41) is 8.20. The largest absolute Gasteiger partial charge is 0.497 e. The van der Waals surface area contributed by atoms with Crippen molar-refractivity contribution in [1.82, 2.24) is 20.4 Å². The van der Waals surface area contributed by atoms with Crippen LogP contribution < -0.4 is 10.1 Å². The van der Waals surface area contributed by atoms with E-state index in [9.17, 15) is 4.39 Å². The molecule has 1 aliphatic rings. The quantitative estimate of drug-likeness (QED) is 0.516. The molecule has 0 amide bonds. The minimum Gasteiger partial charge on any atom is -0.497 e. The van der Waals surface area contributed by atoms with Crippen LogP contribution in [-0.2, 0) is 0 Å². The molecule has 1 N–H and O–H groups in total. The molecule has 0 fully saturated rings. The maximum Gasteiger partial charge on any atom is 0.258 e. The minimum atomic E-state index is -0.337. The first kappa shape index (κ1) is 22.0. The number of ether oxygens (including phenoxy) is 1. The molecule has 1 aromatic heterocycles. The predicted octanol–water partition coefficient (Wildman–Crippen LogP) is 5.20. The molecule has 2 heterocycles. The Kier molecular flexibility index (Phi) is 6.23. The van der Waals surface area contributed by atoms with Gasteiger partial charge in [0.2, 0.25) is 5.82 Å². The smallest absolute Gasteiger partial charge is 0.258 e. The summed E-state index contributed by atoms with van der Waals surface area (Å²) in [7, 11) is 1.62. The van der Waals surface area contributed by atoms with Crippen molar-refractivity contribution in [2.45, 2.75) is 26.8 Å². The number of thiocarbonyl (C=S) groups is 1. The Hall–Kier alpha value is -3.26. The zero-order valence-corrected chi connectivity index (χ0v) is 19.2. The van der Waals surface area contributed by atoms with Crippen LogP contribution in [0.15, 0.2) is 58.8 Å². The number of methoxy groups -OCH3 is 1. The summed E-state index contributed by atoms with van der Waals surface area (Å²) in [4.78, 5) is 6.73. The van der Waals surface area contributed by atoms with Crippen LogP contribution in [0.3, 0.4) is 0 Å². The highest BCUT2D eigenvalue weighted by Gasteiger charge is 2.34. The zero-order chi connectivity index (χ0) is 22.8. The maximum absolute atomic E-state index is 13.6. The molecule has 32 heavy (non-hydrogen) atoms. The van der Waals surface area contributed by atoms with Gasteiger partial charge < -0.3 is 19.5 Å². The summed E-state index contributed by atoms with van der Waals surface area (Å²) in [5.41, 5.74) is 3.42. The molecular weight excluding hydrogens is 427 g/mol. The minimum absolute atomic E-state index is 0.296. The third kappa shape index (κ3) is 4.36. The number of rotatable bonds is 6. The molecule has 0 saturated carbocycles. The second kappa shape index (κ2) is 9.08. The van der Waals surface area contributed by atoms with E-state index in [1.165, 1.54) is 12.1 Å². The lowest BCUT2D eigenvalue weighted by molar-refractivity contribution is 0.386. The molecule has 1 aliphatic heterocycles. The number of halogens is 1. The number of nitrogens with zero attached hydrogens (tertiary/aromatic N) is 3. The van der Waals surface area contributed by atoms with Crippen molar-refractivity contribution < 1.29 is 13.7 Å². The molecule has 2 aromatic carbocycles. The first-order chi connectivity index (χ1) is 15.4. The predicted molar refractivity (Wildman–Crippen MR) is 125 cm³/mol. The molecule has 1 atom stereocenters. The molecule has 8 heteroatoms. The fourth-order valence-corrected chi connectivity index (χ4v) is 4.07. The molecule has 0 saturated heterocycles. The fourth-order valence-electron chi connectivity index (χ4n) is 3.74. The number of hydrogen-bond acceptors (Lipinski definition) is 5. The summed E-state index contributed by atoms with van der Waals surface area (Å²) in [5.74, 6) is 1.72. The number of nitrogens with one attached hydrogen (secondary N) is 1. The highest BCUT2D eigenvalue weighted by Crippen LogP contribution is 2.37. The van der Waals surface area contributed by atoms with Crippen molar-refractivity contribution in [3.63, 3.8) is 0 Å². The van der Waals surface area contributed by atoms with Crippen LogP contribution in [0, 0.1) is 11.7 Å². The van der Waals surface area contributed by atoms with E-state index in [2.05, 4.69) is 29.3 Å². The molecule has 1 unspecified atom stereocenters. The van der Waals surface area contributed by atoms with Crippen LogP contribution in [0.2, 0.25) is 0 Å². The highest BCUT2D eigenvalue weighted by molar-refractivity contribution is 7.80. The van der Waals surface area contributed by atoms with E-state index < -0.39 is 0 Å². The fraction of sp³-hybridized carbons (Fsp3) is 0.292. The number of hydrogen-bond donors (Lipinski definition) is 1. The Morgan fingerprint density at radius 1 is 1.16 bits per heavy atom. The van der Waals surface area contributed by atoms with Crippen molar-refractivity contribution in [3.8, 4) is 17.1 Å². The average Bonchev–Trinajstić information content (AvgIpc) is 3.26. The summed E-state index contributed by atoms with van der Waals surface area (Å²) in [6.45, 7) is 7.02. The Morgan fingerprint density at radius 3 is 2.47 bits per heavy atom. The van der Waals surface area contributed by atoms with Crippen LogP contribution in [-0.4, -0.2) is 33.8 Å². The summed E-state index contributed by atoms with van der Waals surface area (Å²) >= 11 is 5.66. The molecule has 0 bridgehead atoms. The SMILES string of the molecule is COc1ccc(-c2noc(C3=C(C)N(CC(C)C)C(=S)NC3c3ccc(F)cc3)n2)cc1. The Balaban J connectivity index is 1.78. The van der Waals surface area contributed by atoms with Gasteiger partial charge in [-0.1, -0.05) is 31.1 Å². The second-order valence-corrected chi connectivity index (χ2v) is 8.48. The van der Waals surface area contributed by atoms with Gasteiger partial charge in [-0.15, -0.1) is 0 Å². The molecule has 3 aromatic rings. The Bertz CT molecular complexity index is 1140. The third-order valence-electron chi connectivity index (χ3n) is 5.35. The van der Waals surface area contributed by atoms with E-state index in [1.807, 2.05) is 36.1 Å². The van der Waals surface area contributed by atoms with E-state index in [0.717, 1.165) is 34.7 Å². The molecular formula is C24H25FN4O2S. The van der Waals surface area contributed by atoms with Gasteiger partial charge in [-0.3, -0.25) is 0 Å². The van der Waals surface area contributed by atoms with E-state index in [4.69, 9.17) is 21.5 Å². The van der Waals surface area contributed by atoms with Gasteiger partial charge in [0.05, 0.1) is 18.7 Å². The van der Waals surface area contributed by atoms with Gasteiger partial charge in [0.1, 0.15) is 11.6 Å². The van der Waals surface area contributed by atoms with Crippen LogP contribution in [0.25, 0.3) is 17.0 Å². The molecule has 0 aliphatic carbocycles. The van der Waals surface area contributed by atoms with E-state index in [-0.39, 0.29) is 11.9 Å². The van der Waals surface area contributed by atoms with Gasteiger partial charge in [0.15, 0.2) is 5.11 Å². The number of aromatic nitrogens is 2. The van der Waals surface area contributed by atoms with Crippen LogP contribution in [0.1, 0.15) is 38.3 Å². The summed E-state index contributed by atoms with van der Waals surface area (Å²) < 4.78 is 24.5. The Labute approximate surface area is 192 Å².